The number of sulfonamides is 1. The van der Waals surface area contributed by atoms with Crippen molar-refractivity contribution >= 4 is 22.1 Å². The van der Waals surface area contributed by atoms with E-state index in [0.29, 0.717) is 0 Å². The van der Waals surface area contributed by atoms with E-state index in [-0.39, 0.29) is 17.7 Å². The monoisotopic (exact) mass is 449 g/mol. The molecule has 32 heavy (non-hydrogen) atoms. The molecule has 0 amide bonds. The van der Waals surface area contributed by atoms with Crippen LogP contribution in [0.4, 0.5) is 0 Å². The van der Waals surface area contributed by atoms with Gasteiger partial charge in [-0.25, -0.2) is 8.42 Å². The van der Waals surface area contributed by atoms with Crippen molar-refractivity contribution in [1.29, 1.82) is 0 Å². The Hall–Kier alpha value is -3.22. The molecule has 3 aromatic rings. The molecule has 1 unspecified atom stereocenters. The summed E-state index contributed by atoms with van der Waals surface area (Å²) in [6.45, 7) is 1.88. The van der Waals surface area contributed by atoms with Gasteiger partial charge >= 0.3 is 5.97 Å². The van der Waals surface area contributed by atoms with Crippen molar-refractivity contribution in [3.63, 3.8) is 0 Å². The van der Waals surface area contributed by atoms with E-state index in [1.165, 1.54) is 19.2 Å². The second-order valence-electron chi connectivity index (χ2n) is 7.67. The van der Waals surface area contributed by atoms with Gasteiger partial charge in [0.1, 0.15) is 5.54 Å². The van der Waals surface area contributed by atoms with E-state index in [0.717, 1.165) is 16.7 Å². The van der Waals surface area contributed by atoms with Gasteiger partial charge in [-0.1, -0.05) is 90.5 Å². The van der Waals surface area contributed by atoms with Gasteiger partial charge in [-0.2, -0.15) is 4.72 Å². The van der Waals surface area contributed by atoms with Gasteiger partial charge in [0.25, 0.3) is 0 Å². The highest BCUT2D eigenvalue weighted by Gasteiger charge is 2.42. The molecule has 166 valence electrons. The number of benzene rings is 3. The first-order valence-corrected chi connectivity index (χ1v) is 11.8. The van der Waals surface area contributed by atoms with Crippen molar-refractivity contribution in [2.24, 2.45) is 0 Å². The first-order chi connectivity index (χ1) is 15.3. The molecule has 1 atom stereocenters. The lowest BCUT2D eigenvalue weighted by molar-refractivity contribution is -0.147. The Morgan fingerprint density at radius 1 is 0.938 bits per heavy atom. The molecule has 0 heterocycles. The van der Waals surface area contributed by atoms with Crippen molar-refractivity contribution in [1.82, 2.24) is 4.72 Å². The third-order valence-corrected chi connectivity index (χ3v) is 6.71. The zero-order chi connectivity index (χ0) is 23.0. The van der Waals surface area contributed by atoms with Crippen LogP contribution in [0, 0.1) is 6.92 Å². The largest absolute Gasteiger partial charge is 0.468 e. The van der Waals surface area contributed by atoms with Crippen LogP contribution in [-0.4, -0.2) is 27.0 Å². The highest BCUT2D eigenvalue weighted by Crippen LogP contribution is 2.25. The van der Waals surface area contributed by atoms with Crippen molar-refractivity contribution in [2.75, 3.05) is 7.11 Å². The van der Waals surface area contributed by atoms with Gasteiger partial charge in [0.15, 0.2) is 0 Å². The standard InChI is InChI=1S/C26H27NO4S/c1-21-15-17-24(18-16-21)32(29,30)27-26(25(28)31-2,20-23-12-7-4-8-13-23)19-9-14-22-10-5-3-6-11-22/h3-18,27H,19-20H2,1-2H3/b14-9+. The number of hydrogen-bond acceptors (Lipinski definition) is 4. The van der Waals surface area contributed by atoms with Crippen molar-refractivity contribution in [3.8, 4) is 0 Å². The third-order valence-electron chi connectivity index (χ3n) is 5.16. The maximum atomic E-state index is 13.3. The molecule has 0 aromatic heterocycles. The number of rotatable bonds is 9. The molecule has 0 aliphatic carbocycles. The number of hydrogen-bond donors (Lipinski definition) is 1. The first kappa shape index (κ1) is 23.4. The zero-order valence-corrected chi connectivity index (χ0v) is 19.0. The van der Waals surface area contributed by atoms with Crippen LogP contribution >= 0.6 is 0 Å². The Morgan fingerprint density at radius 3 is 2.12 bits per heavy atom. The second kappa shape index (κ2) is 10.4. The maximum absolute atomic E-state index is 13.3. The molecular weight excluding hydrogens is 422 g/mol. The highest BCUT2D eigenvalue weighted by molar-refractivity contribution is 7.89. The number of nitrogens with one attached hydrogen (secondary N) is 1. The van der Waals surface area contributed by atoms with Crippen LogP contribution in [0.3, 0.4) is 0 Å². The molecule has 3 rings (SSSR count). The summed E-state index contributed by atoms with van der Waals surface area (Å²) in [4.78, 5) is 13.2. The predicted octanol–water partition coefficient (Wildman–Crippen LogP) is 4.53. The van der Waals surface area contributed by atoms with E-state index in [1.54, 1.807) is 18.2 Å². The molecule has 0 bridgehead atoms. The van der Waals surface area contributed by atoms with Crippen LogP contribution in [0.1, 0.15) is 23.1 Å². The first-order valence-electron chi connectivity index (χ1n) is 10.3. The average molecular weight is 450 g/mol. The fourth-order valence-electron chi connectivity index (χ4n) is 3.48. The van der Waals surface area contributed by atoms with Gasteiger partial charge in [0.05, 0.1) is 12.0 Å². The number of esters is 1. The van der Waals surface area contributed by atoms with Crippen molar-refractivity contribution in [2.45, 2.75) is 30.2 Å². The molecule has 5 nitrogen and oxygen atoms in total. The van der Waals surface area contributed by atoms with Gasteiger partial charge in [-0.15, -0.1) is 0 Å². The molecule has 0 saturated carbocycles. The van der Waals surface area contributed by atoms with E-state index in [2.05, 4.69) is 4.72 Å². The lowest BCUT2D eigenvalue weighted by Crippen LogP contribution is -2.56. The van der Waals surface area contributed by atoms with Crippen molar-refractivity contribution < 1.29 is 17.9 Å². The summed E-state index contributed by atoms with van der Waals surface area (Å²) in [6.07, 6.45) is 3.93. The Labute approximate surface area is 189 Å². The molecular formula is C26H27NO4S. The van der Waals surface area contributed by atoms with Crippen LogP contribution < -0.4 is 4.72 Å². The summed E-state index contributed by atoms with van der Waals surface area (Å²) in [5.74, 6) is -0.644. The molecule has 6 heteroatoms. The number of carbonyl (C=O) groups is 1. The summed E-state index contributed by atoms with van der Waals surface area (Å²) in [6, 6.07) is 25.4. The predicted molar refractivity (Wildman–Crippen MR) is 126 cm³/mol. The quantitative estimate of drug-likeness (QED) is 0.487. The van der Waals surface area contributed by atoms with E-state index in [1.807, 2.05) is 73.7 Å². The Morgan fingerprint density at radius 2 is 1.53 bits per heavy atom. The number of carbonyl (C=O) groups excluding carboxylic acids is 1. The lowest BCUT2D eigenvalue weighted by atomic mass is 9.88. The minimum atomic E-state index is -3.99. The fraction of sp³-hybridized carbons (Fsp3) is 0.192. The molecule has 0 aliphatic heterocycles. The Balaban J connectivity index is 2.01. The zero-order valence-electron chi connectivity index (χ0n) is 18.2. The molecule has 0 saturated heterocycles. The number of aryl methyl sites for hydroxylation is 1. The topological polar surface area (TPSA) is 72.5 Å². The van der Waals surface area contributed by atoms with Gasteiger partial charge in [0.2, 0.25) is 10.0 Å². The molecule has 3 aromatic carbocycles. The van der Waals surface area contributed by atoms with E-state index in [4.69, 9.17) is 4.74 Å². The Kier molecular flexibility index (Phi) is 7.62. The van der Waals surface area contributed by atoms with Gasteiger partial charge in [-0.05, 0) is 36.6 Å². The summed E-state index contributed by atoms with van der Waals surface area (Å²) < 4.78 is 34.3. The molecule has 0 fully saturated rings. The van der Waals surface area contributed by atoms with Crippen LogP contribution in [0.5, 0.6) is 0 Å². The van der Waals surface area contributed by atoms with Crippen molar-refractivity contribution in [3.05, 3.63) is 108 Å². The van der Waals surface area contributed by atoms with E-state index < -0.39 is 21.5 Å². The summed E-state index contributed by atoms with van der Waals surface area (Å²) in [7, 11) is -2.72. The van der Waals surface area contributed by atoms with E-state index in [9.17, 15) is 13.2 Å². The van der Waals surface area contributed by atoms with Crippen LogP contribution in [0.2, 0.25) is 0 Å². The van der Waals surface area contributed by atoms with Crippen LogP contribution in [-0.2, 0) is 26.0 Å². The van der Waals surface area contributed by atoms with Gasteiger partial charge < -0.3 is 4.74 Å². The van der Waals surface area contributed by atoms with Crippen LogP contribution in [0.25, 0.3) is 6.08 Å². The molecule has 0 spiro atoms. The second-order valence-corrected chi connectivity index (χ2v) is 9.35. The van der Waals surface area contributed by atoms with Crippen LogP contribution in [0.15, 0.2) is 95.9 Å². The van der Waals surface area contributed by atoms with E-state index >= 15 is 0 Å². The number of ether oxygens (including phenoxy) is 1. The molecule has 1 N–H and O–H groups in total. The fourth-order valence-corrected chi connectivity index (χ4v) is 4.85. The summed E-state index contributed by atoms with van der Waals surface area (Å²) in [5.41, 5.74) is 1.20. The molecule has 0 aliphatic rings. The highest BCUT2D eigenvalue weighted by atomic mass is 32.2. The number of methoxy groups -OCH3 is 1. The summed E-state index contributed by atoms with van der Waals surface area (Å²) >= 11 is 0. The maximum Gasteiger partial charge on any atom is 0.327 e. The third kappa shape index (κ3) is 5.93. The minimum absolute atomic E-state index is 0.0940. The average Bonchev–Trinajstić information content (AvgIpc) is 2.80. The molecule has 0 radical (unpaired) electrons. The smallest absolute Gasteiger partial charge is 0.327 e. The van der Waals surface area contributed by atoms with Gasteiger partial charge in [0, 0.05) is 6.42 Å². The summed E-state index contributed by atoms with van der Waals surface area (Å²) in [5, 5.41) is 0. The minimum Gasteiger partial charge on any atom is -0.468 e. The lowest BCUT2D eigenvalue weighted by Gasteiger charge is -2.31. The Bertz CT molecular complexity index is 1160. The normalized spacial score (nSPS) is 13.6. The SMILES string of the molecule is COC(=O)C(C/C=C/c1ccccc1)(Cc1ccccc1)NS(=O)(=O)c1ccc(C)cc1. The van der Waals surface area contributed by atoms with Gasteiger partial charge in [-0.3, -0.25) is 4.79 Å².